The Morgan fingerprint density at radius 1 is 1.25 bits per heavy atom. The van der Waals surface area contributed by atoms with E-state index in [4.69, 9.17) is 11.6 Å². The van der Waals surface area contributed by atoms with Crippen molar-refractivity contribution in [2.75, 3.05) is 0 Å². The van der Waals surface area contributed by atoms with Crippen LogP contribution >= 0.6 is 11.6 Å². The second-order valence-electron chi connectivity index (χ2n) is 4.91. The molecule has 0 N–H and O–H groups in total. The SMILES string of the molecule is O=C1CCC[C@]12c1ccccc1CC[C@@H]2Cl. The molecule has 2 atom stereocenters. The van der Waals surface area contributed by atoms with Crippen molar-refractivity contribution >= 4 is 17.4 Å². The van der Waals surface area contributed by atoms with Crippen molar-refractivity contribution in [1.82, 2.24) is 0 Å². The highest BCUT2D eigenvalue weighted by Crippen LogP contribution is 2.48. The maximum atomic E-state index is 12.2. The first-order valence-electron chi connectivity index (χ1n) is 6.01. The lowest BCUT2D eigenvalue weighted by Gasteiger charge is -2.38. The summed E-state index contributed by atoms with van der Waals surface area (Å²) in [4.78, 5) is 12.2. The molecule has 0 aliphatic heterocycles. The number of halogens is 1. The van der Waals surface area contributed by atoms with Gasteiger partial charge in [-0.25, -0.2) is 0 Å². The first-order chi connectivity index (χ1) is 7.75. The average molecular weight is 235 g/mol. The number of aryl methyl sites for hydroxylation is 1. The van der Waals surface area contributed by atoms with Gasteiger partial charge in [0.25, 0.3) is 0 Å². The fourth-order valence-electron chi connectivity index (χ4n) is 3.38. The maximum absolute atomic E-state index is 12.2. The first-order valence-corrected chi connectivity index (χ1v) is 6.44. The van der Waals surface area contributed by atoms with Gasteiger partial charge in [-0.1, -0.05) is 24.3 Å². The first kappa shape index (κ1) is 10.3. The predicted molar refractivity (Wildman–Crippen MR) is 64.9 cm³/mol. The lowest BCUT2D eigenvalue weighted by Crippen LogP contribution is -2.44. The normalized spacial score (nSPS) is 33.1. The van der Waals surface area contributed by atoms with Crippen LogP contribution in [0.2, 0.25) is 0 Å². The number of benzene rings is 1. The summed E-state index contributed by atoms with van der Waals surface area (Å²) >= 11 is 6.48. The Kier molecular flexibility index (Phi) is 2.32. The summed E-state index contributed by atoms with van der Waals surface area (Å²) in [5, 5.41) is -0.00241. The predicted octanol–water partition coefficient (Wildman–Crippen LogP) is 3.23. The van der Waals surface area contributed by atoms with Gasteiger partial charge in [0, 0.05) is 6.42 Å². The van der Waals surface area contributed by atoms with E-state index in [1.165, 1.54) is 11.1 Å². The molecule has 2 aliphatic rings. The number of hydrogen-bond donors (Lipinski definition) is 0. The van der Waals surface area contributed by atoms with E-state index >= 15 is 0 Å². The van der Waals surface area contributed by atoms with Crippen LogP contribution in [0, 0.1) is 0 Å². The van der Waals surface area contributed by atoms with Crippen LogP contribution in [0.3, 0.4) is 0 Å². The molecule has 0 amide bonds. The lowest BCUT2D eigenvalue weighted by atomic mass is 9.68. The van der Waals surface area contributed by atoms with Crippen LogP contribution in [0.25, 0.3) is 0 Å². The van der Waals surface area contributed by atoms with Crippen LogP contribution in [-0.4, -0.2) is 11.2 Å². The Labute approximate surface area is 101 Å². The molecule has 2 heteroatoms. The smallest absolute Gasteiger partial charge is 0.144 e. The minimum absolute atomic E-state index is 0.00241. The van der Waals surface area contributed by atoms with E-state index in [-0.39, 0.29) is 10.8 Å². The highest BCUT2D eigenvalue weighted by Gasteiger charge is 2.51. The van der Waals surface area contributed by atoms with Gasteiger partial charge in [-0.2, -0.15) is 0 Å². The second-order valence-corrected chi connectivity index (χ2v) is 5.44. The van der Waals surface area contributed by atoms with E-state index in [2.05, 4.69) is 18.2 Å². The molecule has 1 aromatic carbocycles. The van der Waals surface area contributed by atoms with E-state index in [1.54, 1.807) is 0 Å². The molecule has 3 rings (SSSR count). The maximum Gasteiger partial charge on any atom is 0.144 e. The Hall–Kier alpha value is -0.820. The number of Topliss-reactive ketones (excluding diaryl/α,β-unsaturated/α-hetero) is 1. The van der Waals surface area contributed by atoms with Gasteiger partial charge in [0.15, 0.2) is 0 Å². The molecule has 0 bridgehead atoms. The summed E-state index contributed by atoms with van der Waals surface area (Å²) in [6.45, 7) is 0. The molecule has 1 nitrogen and oxygen atoms in total. The standard InChI is InChI=1S/C14H15ClO/c15-12-8-7-10-4-1-2-5-11(10)14(12)9-3-6-13(14)16/h1-2,4-5,12H,3,6-9H2/t12-,14+/m0/s1. The van der Waals surface area contributed by atoms with Crippen molar-refractivity contribution < 1.29 is 4.79 Å². The molecule has 1 saturated carbocycles. The number of fused-ring (bicyclic) bond motifs is 2. The number of hydrogen-bond acceptors (Lipinski definition) is 1. The van der Waals surface area contributed by atoms with Crippen LogP contribution in [0.1, 0.15) is 36.8 Å². The molecular formula is C14H15ClO. The molecule has 0 aromatic heterocycles. The second kappa shape index (κ2) is 3.59. The third kappa shape index (κ3) is 1.21. The Bertz CT molecular complexity index is 440. The highest BCUT2D eigenvalue weighted by molar-refractivity contribution is 6.24. The number of ketones is 1. The molecule has 0 heterocycles. The van der Waals surface area contributed by atoms with Crippen LogP contribution in [0.4, 0.5) is 0 Å². The van der Waals surface area contributed by atoms with Gasteiger partial charge in [0.2, 0.25) is 0 Å². The summed E-state index contributed by atoms with van der Waals surface area (Å²) in [7, 11) is 0. The fourth-order valence-corrected chi connectivity index (χ4v) is 3.83. The van der Waals surface area contributed by atoms with Crippen LogP contribution < -0.4 is 0 Å². The molecular weight excluding hydrogens is 220 g/mol. The third-order valence-corrected chi connectivity index (χ3v) is 4.76. The topological polar surface area (TPSA) is 17.1 Å². The fraction of sp³-hybridized carbons (Fsp3) is 0.500. The summed E-state index contributed by atoms with van der Waals surface area (Å²) in [5.74, 6) is 0.361. The molecule has 0 unspecified atom stereocenters. The Balaban J connectivity index is 2.20. The highest BCUT2D eigenvalue weighted by atomic mass is 35.5. The van der Waals surface area contributed by atoms with Gasteiger partial charge in [-0.05, 0) is 36.8 Å². The van der Waals surface area contributed by atoms with Crippen molar-refractivity contribution in [3.05, 3.63) is 35.4 Å². The summed E-state index contributed by atoms with van der Waals surface area (Å²) in [5.41, 5.74) is 2.19. The molecule has 1 fully saturated rings. The van der Waals surface area contributed by atoms with E-state index in [1.807, 2.05) is 6.07 Å². The van der Waals surface area contributed by atoms with Crippen molar-refractivity contribution in [2.45, 2.75) is 42.9 Å². The van der Waals surface area contributed by atoms with Crippen LogP contribution in [-0.2, 0) is 16.6 Å². The Morgan fingerprint density at radius 3 is 2.81 bits per heavy atom. The number of rotatable bonds is 0. The zero-order valence-electron chi connectivity index (χ0n) is 9.21. The Morgan fingerprint density at radius 2 is 2.06 bits per heavy atom. The molecule has 2 aliphatic carbocycles. The monoisotopic (exact) mass is 234 g/mol. The van der Waals surface area contributed by atoms with E-state index in [0.29, 0.717) is 12.2 Å². The van der Waals surface area contributed by atoms with Gasteiger partial charge in [0.1, 0.15) is 5.78 Å². The van der Waals surface area contributed by atoms with Crippen molar-refractivity contribution in [2.24, 2.45) is 0 Å². The zero-order chi connectivity index (χ0) is 11.2. The molecule has 1 spiro atoms. The quantitative estimate of drug-likeness (QED) is 0.630. The van der Waals surface area contributed by atoms with Gasteiger partial charge >= 0.3 is 0 Å². The number of carbonyl (C=O) groups excluding carboxylic acids is 1. The summed E-state index contributed by atoms with van der Waals surface area (Å²) in [6, 6.07) is 8.33. The molecule has 1 aromatic rings. The number of alkyl halides is 1. The van der Waals surface area contributed by atoms with Crippen LogP contribution in [0.15, 0.2) is 24.3 Å². The van der Waals surface area contributed by atoms with E-state index in [0.717, 1.165) is 25.7 Å². The van der Waals surface area contributed by atoms with Gasteiger partial charge in [-0.15, -0.1) is 11.6 Å². The molecule has 0 saturated heterocycles. The summed E-state index contributed by atoms with van der Waals surface area (Å²) < 4.78 is 0. The van der Waals surface area contributed by atoms with Gasteiger partial charge in [-0.3, -0.25) is 4.79 Å². The minimum Gasteiger partial charge on any atom is -0.299 e. The molecule has 0 radical (unpaired) electrons. The average Bonchev–Trinajstić information content (AvgIpc) is 2.68. The van der Waals surface area contributed by atoms with Gasteiger partial charge in [0.05, 0.1) is 10.8 Å². The third-order valence-electron chi connectivity index (χ3n) is 4.17. The van der Waals surface area contributed by atoms with Crippen LogP contribution in [0.5, 0.6) is 0 Å². The molecule has 84 valence electrons. The zero-order valence-corrected chi connectivity index (χ0v) is 9.96. The lowest BCUT2D eigenvalue weighted by molar-refractivity contribution is -0.122. The van der Waals surface area contributed by atoms with Crippen molar-refractivity contribution in [1.29, 1.82) is 0 Å². The summed E-state index contributed by atoms with van der Waals surface area (Å²) in [6.07, 6.45) is 4.59. The van der Waals surface area contributed by atoms with Crippen molar-refractivity contribution in [3.8, 4) is 0 Å². The number of carbonyl (C=O) groups is 1. The van der Waals surface area contributed by atoms with Gasteiger partial charge < -0.3 is 0 Å². The van der Waals surface area contributed by atoms with Crippen molar-refractivity contribution in [3.63, 3.8) is 0 Å². The largest absolute Gasteiger partial charge is 0.299 e. The molecule has 16 heavy (non-hydrogen) atoms. The minimum atomic E-state index is -0.351. The van der Waals surface area contributed by atoms with E-state index < -0.39 is 0 Å². The van der Waals surface area contributed by atoms with E-state index in [9.17, 15) is 4.79 Å².